The molecule has 2 N–H and O–H groups in total. The van der Waals surface area contributed by atoms with E-state index in [1.54, 1.807) is 0 Å². The highest BCUT2D eigenvalue weighted by atomic mass is 16.2. The minimum atomic E-state index is 0.0303. The van der Waals surface area contributed by atoms with E-state index in [9.17, 15) is 4.79 Å². The smallest absolute Gasteiger partial charge is 0.237 e. The Morgan fingerprint density at radius 2 is 2.18 bits per heavy atom. The molecule has 3 nitrogen and oxygen atoms in total. The van der Waals surface area contributed by atoms with Gasteiger partial charge in [0.2, 0.25) is 5.91 Å². The van der Waals surface area contributed by atoms with Crippen LogP contribution in [-0.2, 0) is 11.2 Å². The van der Waals surface area contributed by atoms with E-state index in [1.807, 2.05) is 0 Å². The van der Waals surface area contributed by atoms with Gasteiger partial charge >= 0.3 is 0 Å². The molecule has 1 heterocycles. The van der Waals surface area contributed by atoms with Crippen LogP contribution in [0, 0.1) is 0 Å². The van der Waals surface area contributed by atoms with Gasteiger partial charge in [-0.1, -0.05) is 24.3 Å². The third-order valence-corrected chi connectivity index (χ3v) is 3.83. The van der Waals surface area contributed by atoms with Gasteiger partial charge in [-0.2, -0.15) is 0 Å². The third-order valence-electron chi connectivity index (χ3n) is 3.83. The Morgan fingerprint density at radius 1 is 1.29 bits per heavy atom. The average Bonchev–Trinajstić information content (AvgIpc) is 2.98. The van der Waals surface area contributed by atoms with Gasteiger partial charge in [0.05, 0.1) is 12.1 Å². The number of rotatable bonds is 2. The SMILES string of the molecule is O=C(NC1CCc2ccccc21)C1CCCN1. The normalized spacial score (nSPS) is 26.8. The molecule has 0 spiro atoms. The number of hydrogen-bond acceptors (Lipinski definition) is 2. The zero-order chi connectivity index (χ0) is 11.7. The van der Waals surface area contributed by atoms with Crippen LogP contribution < -0.4 is 10.6 Å². The summed E-state index contributed by atoms with van der Waals surface area (Å²) >= 11 is 0. The summed E-state index contributed by atoms with van der Waals surface area (Å²) in [7, 11) is 0. The van der Waals surface area contributed by atoms with E-state index in [-0.39, 0.29) is 18.0 Å². The van der Waals surface area contributed by atoms with Crippen molar-refractivity contribution < 1.29 is 4.79 Å². The predicted molar refractivity (Wildman–Crippen MR) is 66.7 cm³/mol. The van der Waals surface area contributed by atoms with Crippen molar-refractivity contribution in [1.82, 2.24) is 10.6 Å². The van der Waals surface area contributed by atoms with Gasteiger partial charge in [0.1, 0.15) is 0 Å². The second-order valence-corrected chi connectivity index (χ2v) is 4.95. The number of benzene rings is 1. The molecule has 1 aromatic carbocycles. The van der Waals surface area contributed by atoms with Crippen LogP contribution in [0.4, 0.5) is 0 Å². The lowest BCUT2D eigenvalue weighted by Gasteiger charge is -2.17. The molecule has 1 saturated heterocycles. The minimum absolute atomic E-state index is 0.0303. The first-order valence-electron chi connectivity index (χ1n) is 6.46. The largest absolute Gasteiger partial charge is 0.348 e. The molecule has 0 radical (unpaired) electrons. The molecule has 1 aliphatic carbocycles. The molecule has 2 atom stereocenters. The van der Waals surface area contributed by atoms with Crippen LogP contribution in [0.1, 0.15) is 36.4 Å². The third kappa shape index (κ3) is 2.07. The highest BCUT2D eigenvalue weighted by Crippen LogP contribution is 2.30. The molecule has 1 fully saturated rings. The molecule has 17 heavy (non-hydrogen) atoms. The van der Waals surface area contributed by atoms with Crippen molar-refractivity contribution >= 4 is 5.91 Å². The molecule has 90 valence electrons. The Morgan fingerprint density at radius 3 is 3.00 bits per heavy atom. The second-order valence-electron chi connectivity index (χ2n) is 4.95. The summed E-state index contributed by atoms with van der Waals surface area (Å²) < 4.78 is 0. The zero-order valence-corrected chi connectivity index (χ0v) is 9.91. The molecule has 2 unspecified atom stereocenters. The molecule has 1 aromatic rings. The Labute approximate surface area is 102 Å². The van der Waals surface area contributed by atoms with Gasteiger partial charge < -0.3 is 10.6 Å². The Balaban J connectivity index is 1.68. The van der Waals surface area contributed by atoms with Gasteiger partial charge in [-0.3, -0.25) is 4.79 Å². The van der Waals surface area contributed by atoms with Gasteiger partial charge in [0.25, 0.3) is 0 Å². The molecule has 1 aliphatic heterocycles. The van der Waals surface area contributed by atoms with Crippen molar-refractivity contribution in [3.05, 3.63) is 35.4 Å². The molecule has 3 heteroatoms. The Hall–Kier alpha value is -1.35. The maximum absolute atomic E-state index is 12.0. The Bertz CT molecular complexity index is 424. The van der Waals surface area contributed by atoms with Crippen molar-refractivity contribution in [2.45, 2.75) is 37.8 Å². The van der Waals surface area contributed by atoms with Crippen molar-refractivity contribution in [2.24, 2.45) is 0 Å². The van der Waals surface area contributed by atoms with E-state index < -0.39 is 0 Å². The fraction of sp³-hybridized carbons (Fsp3) is 0.500. The van der Waals surface area contributed by atoms with Gasteiger partial charge in [0.15, 0.2) is 0 Å². The van der Waals surface area contributed by atoms with E-state index >= 15 is 0 Å². The zero-order valence-electron chi connectivity index (χ0n) is 9.91. The predicted octanol–water partition coefficient (Wildman–Crippen LogP) is 1.54. The summed E-state index contributed by atoms with van der Waals surface area (Å²) in [5, 5.41) is 6.42. The minimum Gasteiger partial charge on any atom is -0.348 e. The quantitative estimate of drug-likeness (QED) is 0.809. The molecule has 0 saturated carbocycles. The van der Waals surface area contributed by atoms with E-state index in [4.69, 9.17) is 0 Å². The second kappa shape index (κ2) is 4.49. The van der Waals surface area contributed by atoms with E-state index in [1.165, 1.54) is 11.1 Å². The van der Waals surface area contributed by atoms with Gasteiger partial charge in [-0.05, 0) is 43.4 Å². The van der Waals surface area contributed by atoms with E-state index in [0.717, 1.165) is 32.2 Å². The number of aryl methyl sites for hydroxylation is 1. The fourth-order valence-electron chi connectivity index (χ4n) is 2.89. The highest BCUT2D eigenvalue weighted by molar-refractivity contribution is 5.82. The van der Waals surface area contributed by atoms with Crippen molar-refractivity contribution in [1.29, 1.82) is 0 Å². The van der Waals surface area contributed by atoms with Crippen LogP contribution in [0.3, 0.4) is 0 Å². The first-order valence-corrected chi connectivity index (χ1v) is 6.46. The van der Waals surface area contributed by atoms with Crippen LogP contribution in [0.5, 0.6) is 0 Å². The van der Waals surface area contributed by atoms with Crippen LogP contribution in [0.15, 0.2) is 24.3 Å². The van der Waals surface area contributed by atoms with E-state index in [2.05, 4.69) is 34.9 Å². The van der Waals surface area contributed by atoms with Crippen LogP contribution in [-0.4, -0.2) is 18.5 Å². The number of fused-ring (bicyclic) bond motifs is 1. The topological polar surface area (TPSA) is 41.1 Å². The molecule has 0 aromatic heterocycles. The molecule has 3 rings (SSSR count). The summed E-state index contributed by atoms with van der Waals surface area (Å²) in [5.41, 5.74) is 2.69. The van der Waals surface area contributed by atoms with Crippen LogP contribution in [0.2, 0.25) is 0 Å². The molecule has 0 bridgehead atoms. The molecular weight excluding hydrogens is 212 g/mol. The summed E-state index contributed by atoms with van der Waals surface area (Å²) in [6.07, 6.45) is 4.20. The van der Waals surface area contributed by atoms with Crippen molar-refractivity contribution in [3.8, 4) is 0 Å². The van der Waals surface area contributed by atoms with Crippen molar-refractivity contribution in [2.75, 3.05) is 6.54 Å². The highest BCUT2D eigenvalue weighted by Gasteiger charge is 2.27. The number of carbonyl (C=O) groups excluding carboxylic acids is 1. The summed E-state index contributed by atoms with van der Waals surface area (Å²) in [6.45, 7) is 0.972. The lowest BCUT2D eigenvalue weighted by atomic mass is 10.1. The number of hydrogen-bond donors (Lipinski definition) is 2. The Kier molecular flexibility index (Phi) is 2.85. The molecule has 2 aliphatic rings. The van der Waals surface area contributed by atoms with E-state index in [0.29, 0.717) is 0 Å². The van der Waals surface area contributed by atoms with Crippen LogP contribution >= 0.6 is 0 Å². The number of amides is 1. The van der Waals surface area contributed by atoms with Gasteiger partial charge in [-0.25, -0.2) is 0 Å². The average molecular weight is 230 g/mol. The lowest BCUT2D eigenvalue weighted by Crippen LogP contribution is -2.41. The molecule has 1 amide bonds. The first-order chi connectivity index (χ1) is 8.34. The maximum atomic E-state index is 12.0. The summed E-state index contributed by atoms with van der Waals surface area (Å²) in [4.78, 5) is 12.0. The first kappa shape index (κ1) is 10.8. The number of carbonyl (C=O) groups is 1. The standard InChI is InChI=1S/C14H18N2O/c17-14(13-6-3-9-15-13)16-12-8-7-10-4-1-2-5-11(10)12/h1-2,4-5,12-13,15H,3,6-9H2,(H,16,17). The number of nitrogens with one attached hydrogen (secondary N) is 2. The van der Waals surface area contributed by atoms with Gasteiger partial charge in [-0.15, -0.1) is 0 Å². The van der Waals surface area contributed by atoms with Crippen molar-refractivity contribution in [3.63, 3.8) is 0 Å². The molecular formula is C14H18N2O. The maximum Gasteiger partial charge on any atom is 0.237 e. The monoisotopic (exact) mass is 230 g/mol. The lowest BCUT2D eigenvalue weighted by molar-refractivity contribution is -0.123. The summed E-state index contributed by atoms with van der Waals surface area (Å²) in [5.74, 6) is 0.171. The fourth-order valence-corrected chi connectivity index (χ4v) is 2.89. The summed E-state index contributed by atoms with van der Waals surface area (Å²) in [6, 6.07) is 8.67. The van der Waals surface area contributed by atoms with Gasteiger partial charge in [0, 0.05) is 0 Å². The van der Waals surface area contributed by atoms with Crippen LogP contribution in [0.25, 0.3) is 0 Å².